The second-order valence-corrected chi connectivity index (χ2v) is 3.46. The molecule has 70 valence electrons. The highest BCUT2D eigenvalue weighted by Crippen LogP contribution is 2.36. The number of rotatable bonds is 2. The summed E-state index contributed by atoms with van der Waals surface area (Å²) in [5.74, 6) is 0.396. The van der Waals surface area contributed by atoms with E-state index < -0.39 is 4.92 Å². The summed E-state index contributed by atoms with van der Waals surface area (Å²) in [5, 5.41) is 10.6. The van der Waals surface area contributed by atoms with Crippen LogP contribution in [0.4, 0.5) is 5.69 Å². The Morgan fingerprint density at radius 2 is 2.23 bits per heavy atom. The van der Waals surface area contributed by atoms with Crippen molar-refractivity contribution in [1.82, 2.24) is 0 Å². The zero-order valence-electron chi connectivity index (χ0n) is 6.58. The Morgan fingerprint density at radius 3 is 2.62 bits per heavy atom. The number of nitro groups is 1. The van der Waals surface area contributed by atoms with Crippen molar-refractivity contribution < 1.29 is 9.66 Å². The van der Waals surface area contributed by atoms with E-state index in [9.17, 15) is 10.1 Å². The number of nitro benzene ring substituents is 1. The molecular formula is C7H5BrClNO3. The molecule has 0 aliphatic heterocycles. The number of methoxy groups -OCH3 is 1. The summed E-state index contributed by atoms with van der Waals surface area (Å²) in [4.78, 5) is 9.87. The molecule has 0 bridgehead atoms. The highest BCUT2D eigenvalue weighted by molar-refractivity contribution is 9.10. The molecule has 0 aliphatic carbocycles. The molecule has 6 heteroatoms. The summed E-state index contributed by atoms with van der Waals surface area (Å²) >= 11 is 8.83. The molecule has 0 amide bonds. The Kier molecular flexibility index (Phi) is 3.11. The van der Waals surface area contributed by atoms with Gasteiger partial charge in [-0.05, 0) is 15.9 Å². The third-order valence-electron chi connectivity index (χ3n) is 1.40. The Hall–Kier alpha value is -0.810. The normalized spacial score (nSPS) is 9.77. The van der Waals surface area contributed by atoms with E-state index in [2.05, 4.69) is 15.9 Å². The molecule has 4 nitrogen and oxygen atoms in total. The van der Waals surface area contributed by atoms with E-state index in [1.807, 2.05) is 0 Å². The van der Waals surface area contributed by atoms with Gasteiger partial charge in [0, 0.05) is 12.1 Å². The number of ether oxygens (including phenoxy) is 1. The molecule has 0 radical (unpaired) electrons. The van der Waals surface area contributed by atoms with E-state index >= 15 is 0 Å². The predicted octanol–water partition coefficient (Wildman–Crippen LogP) is 3.02. The minimum Gasteiger partial charge on any atom is -0.494 e. The number of hydrogen-bond acceptors (Lipinski definition) is 3. The van der Waals surface area contributed by atoms with E-state index in [1.54, 1.807) is 0 Å². The van der Waals surface area contributed by atoms with Crippen molar-refractivity contribution in [3.05, 3.63) is 31.7 Å². The van der Waals surface area contributed by atoms with Gasteiger partial charge < -0.3 is 4.74 Å². The summed E-state index contributed by atoms with van der Waals surface area (Å²) in [6.45, 7) is 0. The molecule has 0 unspecified atom stereocenters. The maximum absolute atomic E-state index is 10.4. The molecule has 0 saturated heterocycles. The summed E-state index contributed by atoms with van der Waals surface area (Å²) in [6, 6.07) is 2.58. The molecule has 1 rings (SSSR count). The van der Waals surface area contributed by atoms with Gasteiger partial charge in [0.25, 0.3) is 5.69 Å². The molecule has 0 aliphatic rings. The van der Waals surface area contributed by atoms with Crippen LogP contribution in [0, 0.1) is 10.1 Å². The second-order valence-electron chi connectivity index (χ2n) is 2.20. The Labute approximate surface area is 87.7 Å². The first-order valence-corrected chi connectivity index (χ1v) is 4.40. The largest absolute Gasteiger partial charge is 0.494 e. The highest BCUT2D eigenvalue weighted by Gasteiger charge is 2.14. The standard InChI is InChI=1S/C7H5BrClNO3/c1-13-7-5(8)2-4(10(11)12)3-6(7)9/h2-3H,1H3. The number of non-ortho nitro benzene ring substituents is 1. The molecule has 1 aromatic rings. The van der Waals surface area contributed by atoms with Crippen LogP contribution in [-0.2, 0) is 0 Å². The fraction of sp³-hybridized carbons (Fsp3) is 0.143. The van der Waals surface area contributed by atoms with Gasteiger partial charge in [0.1, 0.15) is 0 Å². The first-order chi connectivity index (χ1) is 6.06. The third kappa shape index (κ3) is 2.10. The average molecular weight is 266 g/mol. The molecule has 0 aromatic heterocycles. The van der Waals surface area contributed by atoms with Gasteiger partial charge in [-0.15, -0.1) is 0 Å². The fourth-order valence-corrected chi connectivity index (χ4v) is 1.86. The zero-order chi connectivity index (χ0) is 10.0. The molecule has 0 saturated carbocycles. The first kappa shape index (κ1) is 10.3. The van der Waals surface area contributed by atoms with E-state index in [0.29, 0.717) is 10.2 Å². The minimum absolute atomic E-state index is 0.0716. The topological polar surface area (TPSA) is 52.4 Å². The van der Waals surface area contributed by atoms with Crippen LogP contribution < -0.4 is 4.74 Å². The molecule has 13 heavy (non-hydrogen) atoms. The molecule has 0 atom stereocenters. The van der Waals surface area contributed by atoms with Crippen LogP contribution in [-0.4, -0.2) is 12.0 Å². The Balaban J connectivity index is 3.28. The maximum atomic E-state index is 10.4. The Bertz CT molecular complexity index is 333. The van der Waals surface area contributed by atoms with Gasteiger partial charge in [-0.2, -0.15) is 0 Å². The minimum atomic E-state index is -0.518. The van der Waals surface area contributed by atoms with Crippen molar-refractivity contribution in [2.75, 3.05) is 7.11 Å². The third-order valence-corrected chi connectivity index (χ3v) is 2.27. The Morgan fingerprint density at radius 1 is 1.62 bits per heavy atom. The fourth-order valence-electron chi connectivity index (χ4n) is 0.847. The van der Waals surface area contributed by atoms with Crippen molar-refractivity contribution in [2.24, 2.45) is 0 Å². The maximum Gasteiger partial charge on any atom is 0.272 e. The number of halogens is 2. The SMILES string of the molecule is COc1c(Cl)cc([N+](=O)[O-])cc1Br. The smallest absolute Gasteiger partial charge is 0.272 e. The molecule has 0 heterocycles. The number of hydrogen-bond donors (Lipinski definition) is 0. The van der Waals surface area contributed by atoms with Gasteiger partial charge in [0.2, 0.25) is 0 Å². The van der Waals surface area contributed by atoms with Gasteiger partial charge in [0.15, 0.2) is 5.75 Å². The van der Waals surface area contributed by atoms with Crippen LogP contribution in [0.15, 0.2) is 16.6 Å². The average Bonchev–Trinajstić information content (AvgIpc) is 2.03. The van der Waals surface area contributed by atoms with Crippen molar-refractivity contribution in [2.45, 2.75) is 0 Å². The lowest BCUT2D eigenvalue weighted by molar-refractivity contribution is -0.384. The summed E-state index contributed by atoms with van der Waals surface area (Å²) in [7, 11) is 1.44. The zero-order valence-corrected chi connectivity index (χ0v) is 8.92. The molecule has 0 spiro atoms. The van der Waals surface area contributed by atoms with Crippen molar-refractivity contribution >= 4 is 33.2 Å². The lowest BCUT2D eigenvalue weighted by Gasteiger charge is -2.04. The first-order valence-electron chi connectivity index (χ1n) is 3.23. The molecule has 1 aromatic carbocycles. The highest BCUT2D eigenvalue weighted by atomic mass is 79.9. The summed E-state index contributed by atoms with van der Waals surface area (Å²) in [6.07, 6.45) is 0. The van der Waals surface area contributed by atoms with Crippen LogP contribution in [0.5, 0.6) is 5.75 Å². The number of nitrogens with zero attached hydrogens (tertiary/aromatic N) is 1. The van der Waals surface area contributed by atoms with E-state index in [4.69, 9.17) is 16.3 Å². The van der Waals surface area contributed by atoms with Crippen LogP contribution in [0.25, 0.3) is 0 Å². The van der Waals surface area contributed by atoms with Crippen molar-refractivity contribution in [1.29, 1.82) is 0 Å². The van der Waals surface area contributed by atoms with E-state index in [-0.39, 0.29) is 10.7 Å². The van der Waals surface area contributed by atoms with Crippen LogP contribution in [0.2, 0.25) is 5.02 Å². The summed E-state index contributed by atoms with van der Waals surface area (Å²) < 4.78 is 5.38. The second kappa shape index (κ2) is 3.93. The monoisotopic (exact) mass is 265 g/mol. The van der Waals surface area contributed by atoms with E-state index in [1.165, 1.54) is 19.2 Å². The molecule has 0 fully saturated rings. The van der Waals surface area contributed by atoms with Gasteiger partial charge in [-0.25, -0.2) is 0 Å². The molecular weight excluding hydrogens is 261 g/mol. The van der Waals surface area contributed by atoms with Crippen LogP contribution in [0.1, 0.15) is 0 Å². The number of benzene rings is 1. The van der Waals surface area contributed by atoms with Crippen molar-refractivity contribution in [3.8, 4) is 5.75 Å². The summed E-state index contributed by atoms with van der Waals surface area (Å²) in [5.41, 5.74) is -0.0716. The quantitative estimate of drug-likeness (QED) is 0.611. The predicted molar refractivity (Wildman–Crippen MR) is 52.4 cm³/mol. The van der Waals surface area contributed by atoms with Gasteiger partial charge >= 0.3 is 0 Å². The van der Waals surface area contributed by atoms with Gasteiger partial charge in [-0.1, -0.05) is 11.6 Å². The van der Waals surface area contributed by atoms with Crippen LogP contribution >= 0.6 is 27.5 Å². The van der Waals surface area contributed by atoms with Gasteiger partial charge in [0.05, 0.1) is 21.5 Å². The van der Waals surface area contributed by atoms with Crippen LogP contribution in [0.3, 0.4) is 0 Å². The van der Waals surface area contributed by atoms with Crippen molar-refractivity contribution in [3.63, 3.8) is 0 Å². The van der Waals surface area contributed by atoms with Gasteiger partial charge in [-0.3, -0.25) is 10.1 Å². The van der Waals surface area contributed by atoms with E-state index in [0.717, 1.165) is 0 Å². The molecule has 0 N–H and O–H groups in total. The lowest BCUT2D eigenvalue weighted by Crippen LogP contribution is -1.91. The lowest BCUT2D eigenvalue weighted by atomic mass is 10.3.